The number of anilines is 1. The Kier molecular flexibility index (Phi) is 3.35. The number of thiazole rings is 1. The van der Waals surface area contributed by atoms with Gasteiger partial charge in [0.05, 0.1) is 21.1 Å². The SMILES string of the molecule is Cc1csc(CCn2c(N)nc3cc(F)c(Cl)cc32)n1. The Morgan fingerprint density at radius 1 is 1.40 bits per heavy atom. The molecule has 3 aromatic rings. The Balaban J connectivity index is 1.94. The van der Waals surface area contributed by atoms with Gasteiger partial charge in [0.25, 0.3) is 0 Å². The number of nitrogens with two attached hydrogens (primary N) is 1. The minimum atomic E-state index is -0.487. The van der Waals surface area contributed by atoms with Crippen molar-refractivity contribution < 1.29 is 4.39 Å². The molecule has 0 atom stereocenters. The topological polar surface area (TPSA) is 56.7 Å². The number of rotatable bonds is 3. The lowest BCUT2D eigenvalue weighted by Crippen LogP contribution is -2.05. The van der Waals surface area contributed by atoms with E-state index in [1.165, 1.54) is 6.07 Å². The minimum Gasteiger partial charge on any atom is -0.369 e. The second-order valence-electron chi connectivity index (χ2n) is 4.51. The average Bonchev–Trinajstić information content (AvgIpc) is 2.92. The molecule has 0 bridgehead atoms. The summed E-state index contributed by atoms with van der Waals surface area (Å²) in [6.07, 6.45) is 0.753. The molecule has 4 nitrogen and oxygen atoms in total. The first kappa shape index (κ1) is 13.3. The van der Waals surface area contributed by atoms with E-state index in [4.69, 9.17) is 17.3 Å². The van der Waals surface area contributed by atoms with Crippen LogP contribution in [0.25, 0.3) is 11.0 Å². The van der Waals surface area contributed by atoms with E-state index < -0.39 is 5.82 Å². The molecule has 3 rings (SSSR count). The van der Waals surface area contributed by atoms with Crippen molar-refractivity contribution in [2.24, 2.45) is 0 Å². The molecule has 0 saturated carbocycles. The molecule has 2 aromatic heterocycles. The molecule has 0 aliphatic heterocycles. The predicted octanol–water partition coefficient (Wildman–Crippen LogP) is 3.42. The number of hydrogen-bond donors (Lipinski definition) is 1. The molecular weight excluding hydrogens is 299 g/mol. The molecule has 2 N–H and O–H groups in total. The van der Waals surface area contributed by atoms with Crippen LogP contribution < -0.4 is 5.73 Å². The van der Waals surface area contributed by atoms with Gasteiger partial charge in [-0.05, 0) is 13.0 Å². The van der Waals surface area contributed by atoms with Gasteiger partial charge in [0.1, 0.15) is 5.82 Å². The molecule has 0 amide bonds. The minimum absolute atomic E-state index is 0.0729. The third-order valence-corrected chi connectivity index (χ3v) is 4.35. The first-order valence-electron chi connectivity index (χ1n) is 6.06. The summed E-state index contributed by atoms with van der Waals surface area (Å²) in [5, 5.41) is 3.12. The number of nitrogen functional groups attached to an aromatic ring is 1. The van der Waals surface area contributed by atoms with Gasteiger partial charge in [0, 0.05) is 30.1 Å². The summed E-state index contributed by atoms with van der Waals surface area (Å²) in [5.74, 6) is -0.130. The van der Waals surface area contributed by atoms with Crippen LogP contribution in [0.4, 0.5) is 10.3 Å². The number of halogens is 2. The van der Waals surface area contributed by atoms with Gasteiger partial charge in [-0.3, -0.25) is 0 Å². The van der Waals surface area contributed by atoms with Crippen LogP contribution in [-0.4, -0.2) is 14.5 Å². The molecule has 0 spiro atoms. The Morgan fingerprint density at radius 2 is 2.20 bits per heavy atom. The summed E-state index contributed by atoms with van der Waals surface area (Å²) in [4.78, 5) is 8.57. The van der Waals surface area contributed by atoms with Crippen molar-refractivity contribution in [3.05, 3.63) is 39.1 Å². The van der Waals surface area contributed by atoms with Crippen LogP contribution in [0.2, 0.25) is 5.02 Å². The van der Waals surface area contributed by atoms with E-state index in [0.29, 0.717) is 18.0 Å². The third-order valence-electron chi connectivity index (χ3n) is 3.04. The lowest BCUT2D eigenvalue weighted by molar-refractivity contribution is 0.629. The van der Waals surface area contributed by atoms with E-state index in [1.54, 1.807) is 17.4 Å². The van der Waals surface area contributed by atoms with Gasteiger partial charge in [-0.15, -0.1) is 11.3 Å². The first-order valence-corrected chi connectivity index (χ1v) is 7.32. The van der Waals surface area contributed by atoms with Crippen LogP contribution in [0.15, 0.2) is 17.5 Å². The Labute approximate surface area is 124 Å². The fraction of sp³-hybridized carbons (Fsp3) is 0.231. The van der Waals surface area contributed by atoms with E-state index in [-0.39, 0.29) is 5.02 Å². The van der Waals surface area contributed by atoms with Gasteiger partial charge >= 0.3 is 0 Å². The number of nitrogens with zero attached hydrogens (tertiary/aromatic N) is 3. The summed E-state index contributed by atoms with van der Waals surface area (Å²) in [7, 11) is 0. The van der Waals surface area contributed by atoms with Gasteiger partial charge in [0.15, 0.2) is 0 Å². The lowest BCUT2D eigenvalue weighted by Gasteiger charge is -2.05. The highest BCUT2D eigenvalue weighted by atomic mass is 35.5. The number of fused-ring (bicyclic) bond motifs is 1. The zero-order chi connectivity index (χ0) is 14.3. The summed E-state index contributed by atoms with van der Waals surface area (Å²) in [6, 6.07) is 2.86. The van der Waals surface area contributed by atoms with Crippen molar-refractivity contribution in [2.75, 3.05) is 5.73 Å². The van der Waals surface area contributed by atoms with Crippen molar-refractivity contribution in [3.63, 3.8) is 0 Å². The lowest BCUT2D eigenvalue weighted by atomic mass is 10.3. The van der Waals surface area contributed by atoms with Crippen molar-refractivity contribution in [1.82, 2.24) is 14.5 Å². The highest BCUT2D eigenvalue weighted by Gasteiger charge is 2.12. The smallest absolute Gasteiger partial charge is 0.201 e. The average molecular weight is 311 g/mol. The van der Waals surface area contributed by atoms with Crippen LogP contribution in [0.3, 0.4) is 0 Å². The Hall–Kier alpha value is -1.66. The molecule has 0 radical (unpaired) electrons. The van der Waals surface area contributed by atoms with Crippen LogP contribution in [0.5, 0.6) is 0 Å². The number of imidazole rings is 1. The van der Waals surface area contributed by atoms with Gasteiger partial charge in [-0.25, -0.2) is 14.4 Å². The second-order valence-corrected chi connectivity index (χ2v) is 5.86. The molecule has 0 saturated heterocycles. The maximum Gasteiger partial charge on any atom is 0.201 e. The van der Waals surface area contributed by atoms with E-state index >= 15 is 0 Å². The number of aromatic nitrogens is 3. The van der Waals surface area contributed by atoms with Crippen LogP contribution in [-0.2, 0) is 13.0 Å². The molecule has 2 heterocycles. The summed E-state index contributed by atoms with van der Waals surface area (Å²) >= 11 is 7.44. The van der Waals surface area contributed by atoms with Gasteiger partial charge in [-0.1, -0.05) is 11.6 Å². The molecule has 0 unspecified atom stereocenters. The molecule has 1 aromatic carbocycles. The predicted molar refractivity (Wildman–Crippen MR) is 79.7 cm³/mol. The molecule has 0 fully saturated rings. The maximum atomic E-state index is 13.4. The Morgan fingerprint density at radius 3 is 2.90 bits per heavy atom. The zero-order valence-corrected chi connectivity index (χ0v) is 12.3. The highest BCUT2D eigenvalue weighted by molar-refractivity contribution is 7.09. The molecular formula is C13H12ClFN4S. The summed E-state index contributed by atoms with van der Waals surface area (Å²) in [6.45, 7) is 2.60. The van der Waals surface area contributed by atoms with Gasteiger partial charge in [0.2, 0.25) is 5.95 Å². The van der Waals surface area contributed by atoms with Crippen LogP contribution >= 0.6 is 22.9 Å². The number of hydrogen-bond acceptors (Lipinski definition) is 4. The van der Waals surface area contributed by atoms with Gasteiger partial charge < -0.3 is 10.3 Å². The fourth-order valence-electron chi connectivity index (χ4n) is 2.10. The van der Waals surface area contributed by atoms with Crippen LogP contribution in [0, 0.1) is 12.7 Å². The quantitative estimate of drug-likeness (QED) is 0.806. The highest BCUT2D eigenvalue weighted by Crippen LogP contribution is 2.25. The molecule has 7 heteroatoms. The molecule has 20 heavy (non-hydrogen) atoms. The monoisotopic (exact) mass is 310 g/mol. The van der Waals surface area contributed by atoms with Crippen molar-refractivity contribution in [3.8, 4) is 0 Å². The van der Waals surface area contributed by atoms with Crippen molar-refractivity contribution in [2.45, 2.75) is 19.9 Å². The normalized spacial score (nSPS) is 11.3. The molecule has 0 aliphatic carbocycles. The van der Waals surface area contributed by atoms with E-state index in [1.807, 2.05) is 16.9 Å². The van der Waals surface area contributed by atoms with Gasteiger partial charge in [-0.2, -0.15) is 0 Å². The first-order chi connectivity index (χ1) is 9.54. The van der Waals surface area contributed by atoms with Crippen LogP contribution in [0.1, 0.15) is 10.7 Å². The number of aryl methyl sites for hydroxylation is 3. The summed E-state index contributed by atoms with van der Waals surface area (Å²) in [5.41, 5.74) is 8.16. The summed E-state index contributed by atoms with van der Waals surface area (Å²) < 4.78 is 15.2. The standard InChI is InChI=1S/C13H12ClFN4S/c1-7-6-20-12(17-7)2-3-19-11-4-8(14)9(15)5-10(11)18-13(19)16/h4-6H,2-3H2,1H3,(H2,16,18). The van der Waals surface area contributed by atoms with Crippen molar-refractivity contribution in [1.29, 1.82) is 0 Å². The van der Waals surface area contributed by atoms with E-state index in [2.05, 4.69) is 9.97 Å². The van der Waals surface area contributed by atoms with E-state index in [9.17, 15) is 4.39 Å². The molecule has 0 aliphatic rings. The Bertz CT molecular complexity index is 780. The largest absolute Gasteiger partial charge is 0.369 e. The van der Waals surface area contributed by atoms with E-state index in [0.717, 1.165) is 22.6 Å². The van der Waals surface area contributed by atoms with Crippen molar-refractivity contribution >= 4 is 39.9 Å². The third kappa shape index (κ3) is 2.36. The second kappa shape index (κ2) is 5.03. The zero-order valence-electron chi connectivity index (χ0n) is 10.7. The fourth-order valence-corrected chi connectivity index (χ4v) is 3.02. The molecule has 104 valence electrons. The number of benzene rings is 1. The maximum absolute atomic E-state index is 13.4.